The van der Waals surface area contributed by atoms with Gasteiger partial charge in [-0.25, -0.2) is 0 Å². The van der Waals surface area contributed by atoms with E-state index in [1.807, 2.05) is 24.3 Å². The molecule has 1 N–H and O–H groups in total. The van der Waals surface area contributed by atoms with E-state index >= 15 is 0 Å². The number of hydrogen-bond donors (Lipinski definition) is 1. The summed E-state index contributed by atoms with van der Waals surface area (Å²) in [5.74, 6) is 1.41. The Morgan fingerprint density at radius 2 is 1.90 bits per heavy atom. The Labute approximate surface area is 121 Å². The van der Waals surface area contributed by atoms with Crippen LogP contribution in [-0.2, 0) is 0 Å². The van der Waals surface area contributed by atoms with Gasteiger partial charge in [0.25, 0.3) is 0 Å². The first-order chi connectivity index (χ1) is 9.83. The zero-order valence-electron chi connectivity index (χ0n) is 12.1. The van der Waals surface area contributed by atoms with Crippen molar-refractivity contribution in [2.45, 2.75) is 32.1 Å². The molecule has 0 radical (unpaired) electrons. The van der Waals surface area contributed by atoms with Crippen molar-refractivity contribution in [3.63, 3.8) is 0 Å². The number of rotatable bonds is 6. The van der Waals surface area contributed by atoms with Crippen LogP contribution in [-0.4, -0.2) is 18.3 Å². The smallest absolute Gasteiger partial charge is 0.119 e. The third-order valence-electron chi connectivity index (χ3n) is 3.91. The van der Waals surface area contributed by atoms with Gasteiger partial charge in [-0.2, -0.15) is 0 Å². The number of ether oxygens (including phenoxy) is 1. The molecule has 1 fully saturated rings. The summed E-state index contributed by atoms with van der Waals surface area (Å²) in [7, 11) is 0. The first-order valence-corrected chi connectivity index (χ1v) is 7.48. The van der Waals surface area contributed by atoms with Crippen molar-refractivity contribution in [1.82, 2.24) is 0 Å². The van der Waals surface area contributed by atoms with Crippen molar-refractivity contribution in [2.24, 2.45) is 5.92 Å². The summed E-state index contributed by atoms with van der Waals surface area (Å²) in [5.41, 5.74) is 2.30. The number of aliphatic hydroxyl groups is 1. The molecule has 0 aromatic heterocycles. The molecule has 0 spiro atoms. The van der Waals surface area contributed by atoms with Gasteiger partial charge in [0.05, 0.1) is 6.61 Å². The van der Waals surface area contributed by atoms with E-state index in [1.165, 1.54) is 37.7 Å². The molecule has 0 bridgehead atoms. The lowest BCUT2D eigenvalue weighted by Gasteiger charge is -2.23. The van der Waals surface area contributed by atoms with Crippen LogP contribution in [0.15, 0.2) is 42.5 Å². The maximum Gasteiger partial charge on any atom is 0.119 e. The molecule has 2 rings (SSSR count). The van der Waals surface area contributed by atoms with E-state index in [-0.39, 0.29) is 6.61 Å². The quantitative estimate of drug-likeness (QED) is 0.786. The zero-order chi connectivity index (χ0) is 14.2. The van der Waals surface area contributed by atoms with Gasteiger partial charge in [-0.3, -0.25) is 0 Å². The SMILES string of the molecule is C=CCOc1ccc(/C=C(/CO)C2CCCCC2)cc1. The Kier molecular flexibility index (Phi) is 5.87. The average molecular weight is 272 g/mol. The van der Waals surface area contributed by atoms with Gasteiger partial charge in [-0.15, -0.1) is 0 Å². The minimum atomic E-state index is 0.166. The molecule has 2 heteroatoms. The van der Waals surface area contributed by atoms with Crippen LogP contribution in [0.4, 0.5) is 0 Å². The van der Waals surface area contributed by atoms with E-state index in [2.05, 4.69) is 12.7 Å². The second-order valence-corrected chi connectivity index (χ2v) is 5.38. The topological polar surface area (TPSA) is 29.5 Å². The third-order valence-corrected chi connectivity index (χ3v) is 3.91. The summed E-state index contributed by atoms with van der Waals surface area (Å²) in [5, 5.41) is 9.61. The second kappa shape index (κ2) is 7.91. The molecule has 1 aliphatic carbocycles. The lowest BCUT2D eigenvalue weighted by atomic mass is 9.83. The van der Waals surface area contributed by atoms with Gasteiger partial charge in [-0.1, -0.05) is 50.1 Å². The molecule has 1 aromatic rings. The molecule has 0 atom stereocenters. The van der Waals surface area contributed by atoms with Crippen molar-refractivity contribution in [3.8, 4) is 5.75 Å². The molecule has 1 saturated carbocycles. The summed E-state index contributed by atoms with van der Waals surface area (Å²) >= 11 is 0. The second-order valence-electron chi connectivity index (χ2n) is 5.38. The van der Waals surface area contributed by atoms with Gasteiger partial charge in [0.15, 0.2) is 0 Å². The fraction of sp³-hybridized carbons (Fsp3) is 0.444. The van der Waals surface area contributed by atoms with Gasteiger partial charge in [0.2, 0.25) is 0 Å². The van der Waals surface area contributed by atoms with Crippen LogP contribution in [0.1, 0.15) is 37.7 Å². The van der Waals surface area contributed by atoms with Crippen LogP contribution < -0.4 is 4.74 Å². The van der Waals surface area contributed by atoms with Crippen LogP contribution in [0.25, 0.3) is 6.08 Å². The summed E-state index contributed by atoms with van der Waals surface area (Å²) in [4.78, 5) is 0. The molecule has 108 valence electrons. The van der Waals surface area contributed by atoms with Gasteiger partial charge < -0.3 is 9.84 Å². The maximum atomic E-state index is 9.61. The van der Waals surface area contributed by atoms with Crippen molar-refractivity contribution in [1.29, 1.82) is 0 Å². The first-order valence-electron chi connectivity index (χ1n) is 7.48. The molecule has 20 heavy (non-hydrogen) atoms. The fourth-order valence-corrected chi connectivity index (χ4v) is 2.80. The van der Waals surface area contributed by atoms with Crippen LogP contribution >= 0.6 is 0 Å². The molecular formula is C18H24O2. The highest BCUT2D eigenvalue weighted by Crippen LogP contribution is 2.30. The van der Waals surface area contributed by atoms with Gasteiger partial charge in [-0.05, 0) is 42.0 Å². The largest absolute Gasteiger partial charge is 0.490 e. The molecule has 2 nitrogen and oxygen atoms in total. The Hall–Kier alpha value is -1.54. The lowest BCUT2D eigenvalue weighted by Crippen LogP contribution is -2.11. The van der Waals surface area contributed by atoms with E-state index in [0.717, 1.165) is 11.3 Å². The molecule has 0 saturated heterocycles. The van der Waals surface area contributed by atoms with Gasteiger partial charge in [0.1, 0.15) is 12.4 Å². The number of aliphatic hydroxyl groups excluding tert-OH is 1. The molecular weight excluding hydrogens is 248 g/mol. The van der Waals surface area contributed by atoms with Gasteiger partial charge in [0, 0.05) is 0 Å². The Bertz CT molecular complexity index is 439. The molecule has 1 aromatic carbocycles. The highest BCUT2D eigenvalue weighted by atomic mass is 16.5. The number of hydrogen-bond acceptors (Lipinski definition) is 2. The molecule has 0 unspecified atom stereocenters. The monoisotopic (exact) mass is 272 g/mol. The maximum absolute atomic E-state index is 9.61. The van der Waals surface area contributed by atoms with Crippen molar-refractivity contribution < 1.29 is 9.84 Å². The lowest BCUT2D eigenvalue weighted by molar-refractivity contribution is 0.295. The summed E-state index contributed by atoms with van der Waals surface area (Å²) < 4.78 is 5.47. The van der Waals surface area contributed by atoms with Crippen LogP contribution in [0.2, 0.25) is 0 Å². The van der Waals surface area contributed by atoms with Gasteiger partial charge >= 0.3 is 0 Å². The van der Waals surface area contributed by atoms with Crippen LogP contribution in [0.5, 0.6) is 5.75 Å². The highest BCUT2D eigenvalue weighted by Gasteiger charge is 2.17. The Morgan fingerprint density at radius 3 is 2.50 bits per heavy atom. The van der Waals surface area contributed by atoms with Crippen molar-refractivity contribution in [3.05, 3.63) is 48.1 Å². The Balaban J connectivity index is 2.04. The standard InChI is InChI=1S/C18H24O2/c1-2-12-20-18-10-8-15(9-11-18)13-17(14-19)16-6-4-3-5-7-16/h2,8-11,13,16,19H,1,3-7,12,14H2/b17-13-. The molecule has 1 aliphatic rings. The highest BCUT2D eigenvalue weighted by molar-refractivity contribution is 5.54. The summed E-state index contributed by atoms with van der Waals surface area (Å²) in [6, 6.07) is 8.00. The molecule has 0 amide bonds. The van der Waals surface area contributed by atoms with E-state index in [4.69, 9.17) is 4.74 Å². The zero-order valence-corrected chi connectivity index (χ0v) is 12.1. The molecule has 0 aliphatic heterocycles. The number of benzene rings is 1. The third kappa shape index (κ3) is 4.24. The minimum Gasteiger partial charge on any atom is -0.490 e. The van der Waals surface area contributed by atoms with Crippen LogP contribution in [0.3, 0.4) is 0 Å². The van der Waals surface area contributed by atoms with E-state index in [9.17, 15) is 5.11 Å². The van der Waals surface area contributed by atoms with Crippen LogP contribution in [0, 0.1) is 5.92 Å². The Morgan fingerprint density at radius 1 is 1.20 bits per heavy atom. The minimum absolute atomic E-state index is 0.166. The van der Waals surface area contributed by atoms with E-state index < -0.39 is 0 Å². The predicted molar refractivity (Wildman–Crippen MR) is 83.8 cm³/mol. The van der Waals surface area contributed by atoms with E-state index in [0.29, 0.717) is 12.5 Å². The van der Waals surface area contributed by atoms with Crippen molar-refractivity contribution >= 4 is 6.08 Å². The average Bonchev–Trinajstić information content (AvgIpc) is 2.52. The predicted octanol–water partition coefficient (Wildman–Crippen LogP) is 4.21. The summed E-state index contributed by atoms with van der Waals surface area (Å²) in [6.45, 7) is 4.33. The normalized spacial score (nSPS) is 16.9. The van der Waals surface area contributed by atoms with E-state index in [1.54, 1.807) is 6.08 Å². The first kappa shape index (κ1) is 14.9. The summed E-state index contributed by atoms with van der Waals surface area (Å²) in [6.07, 6.45) is 10.2. The van der Waals surface area contributed by atoms with Crippen molar-refractivity contribution in [2.75, 3.05) is 13.2 Å². The fourth-order valence-electron chi connectivity index (χ4n) is 2.80. The molecule has 0 heterocycles.